The predicted molar refractivity (Wildman–Crippen MR) is 71.2 cm³/mol. The van der Waals surface area contributed by atoms with E-state index in [1.54, 1.807) is 12.1 Å². The van der Waals surface area contributed by atoms with Gasteiger partial charge in [-0.1, -0.05) is 13.8 Å². The van der Waals surface area contributed by atoms with E-state index in [0.717, 1.165) is 12.0 Å². The van der Waals surface area contributed by atoms with Gasteiger partial charge in [0.1, 0.15) is 5.75 Å². The maximum atomic E-state index is 11.1. The van der Waals surface area contributed by atoms with Crippen molar-refractivity contribution in [3.05, 3.63) is 33.9 Å². The summed E-state index contributed by atoms with van der Waals surface area (Å²) < 4.78 is 5.03. The van der Waals surface area contributed by atoms with Gasteiger partial charge >= 0.3 is 0 Å². The molecule has 0 heterocycles. The number of likely N-dealkylation sites (N-methyl/N-ethyl adjacent to an activating group) is 1. The number of nitro benzene ring substituents is 1. The topological polar surface area (TPSA) is 64.4 Å². The van der Waals surface area contributed by atoms with Crippen LogP contribution in [0.1, 0.15) is 31.7 Å². The molecule has 1 aromatic carbocycles. The van der Waals surface area contributed by atoms with Crippen molar-refractivity contribution in [1.82, 2.24) is 5.32 Å². The number of nitro groups is 1. The van der Waals surface area contributed by atoms with Crippen LogP contribution in [-0.4, -0.2) is 25.1 Å². The second kappa shape index (κ2) is 6.35. The molecular weight excluding hydrogens is 232 g/mol. The van der Waals surface area contributed by atoms with E-state index in [2.05, 4.69) is 12.2 Å². The zero-order chi connectivity index (χ0) is 13.7. The van der Waals surface area contributed by atoms with Crippen molar-refractivity contribution in [2.45, 2.75) is 32.2 Å². The second-order valence-electron chi connectivity index (χ2n) is 4.27. The largest absolute Gasteiger partial charge is 0.497 e. The summed E-state index contributed by atoms with van der Waals surface area (Å²) in [6.45, 7) is 4.06. The fraction of sp³-hybridized carbons (Fsp3) is 0.538. The van der Waals surface area contributed by atoms with E-state index in [1.807, 2.05) is 14.0 Å². The number of nitrogens with zero attached hydrogens (tertiary/aromatic N) is 1. The van der Waals surface area contributed by atoms with E-state index in [1.165, 1.54) is 13.2 Å². The zero-order valence-corrected chi connectivity index (χ0v) is 11.3. The van der Waals surface area contributed by atoms with Gasteiger partial charge in [0.2, 0.25) is 0 Å². The summed E-state index contributed by atoms with van der Waals surface area (Å²) in [7, 11) is 3.38. The van der Waals surface area contributed by atoms with Gasteiger partial charge in [0.05, 0.1) is 18.1 Å². The summed E-state index contributed by atoms with van der Waals surface area (Å²) in [4.78, 5) is 10.8. The van der Waals surface area contributed by atoms with E-state index >= 15 is 0 Å². The van der Waals surface area contributed by atoms with Gasteiger partial charge in [-0.2, -0.15) is 0 Å². The van der Waals surface area contributed by atoms with Crippen LogP contribution in [0.5, 0.6) is 5.75 Å². The van der Waals surface area contributed by atoms with Gasteiger partial charge in [-0.15, -0.1) is 0 Å². The summed E-state index contributed by atoms with van der Waals surface area (Å²) in [6.07, 6.45) is 0.918. The lowest BCUT2D eigenvalue weighted by Crippen LogP contribution is -2.30. The zero-order valence-electron chi connectivity index (χ0n) is 11.3. The van der Waals surface area contributed by atoms with Gasteiger partial charge < -0.3 is 10.1 Å². The molecule has 1 rings (SSSR count). The minimum Gasteiger partial charge on any atom is -0.497 e. The van der Waals surface area contributed by atoms with Gasteiger partial charge in [0, 0.05) is 17.5 Å². The van der Waals surface area contributed by atoms with E-state index in [-0.39, 0.29) is 22.6 Å². The number of rotatable bonds is 6. The normalized spacial score (nSPS) is 14.0. The highest BCUT2D eigenvalue weighted by Crippen LogP contribution is 2.32. The molecule has 18 heavy (non-hydrogen) atoms. The first-order valence-corrected chi connectivity index (χ1v) is 6.04. The Morgan fingerprint density at radius 3 is 2.61 bits per heavy atom. The van der Waals surface area contributed by atoms with E-state index in [0.29, 0.717) is 5.75 Å². The molecule has 0 radical (unpaired) electrons. The van der Waals surface area contributed by atoms with Crippen molar-refractivity contribution in [2.75, 3.05) is 14.2 Å². The number of ether oxygens (including phenoxy) is 1. The van der Waals surface area contributed by atoms with Gasteiger partial charge in [0.15, 0.2) is 0 Å². The third-order valence-electron chi connectivity index (χ3n) is 3.34. The summed E-state index contributed by atoms with van der Waals surface area (Å²) in [6, 6.07) is 5.24. The molecule has 0 aliphatic rings. The molecular formula is C13H20N2O3. The molecule has 2 unspecified atom stereocenters. The smallest absolute Gasteiger partial charge is 0.276 e. The summed E-state index contributed by atoms with van der Waals surface area (Å²) in [5.41, 5.74) is 0.859. The molecule has 0 aromatic heterocycles. The molecule has 0 fully saturated rings. The van der Waals surface area contributed by atoms with Crippen molar-refractivity contribution >= 4 is 5.69 Å². The summed E-state index contributed by atoms with van der Waals surface area (Å²) in [5, 5.41) is 14.3. The van der Waals surface area contributed by atoms with Crippen molar-refractivity contribution in [1.29, 1.82) is 0 Å². The third-order valence-corrected chi connectivity index (χ3v) is 3.34. The number of benzene rings is 1. The summed E-state index contributed by atoms with van der Waals surface area (Å²) >= 11 is 0. The number of hydrogen-bond acceptors (Lipinski definition) is 4. The Balaban J connectivity index is 3.18. The number of hydrogen-bond donors (Lipinski definition) is 1. The lowest BCUT2D eigenvalue weighted by Gasteiger charge is -2.22. The van der Waals surface area contributed by atoms with E-state index in [4.69, 9.17) is 4.74 Å². The quantitative estimate of drug-likeness (QED) is 0.624. The molecule has 0 saturated carbocycles. The highest BCUT2D eigenvalue weighted by Gasteiger charge is 2.24. The molecule has 100 valence electrons. The molecule has 0 spiro atoms. The molecule has 0 amide bonds. The lowest BCUT2D eigenvalue weighted by atomic mass is 9.90. The molecule has 1 N–H and O–H groups in total. The maximum absolute atomic E-state index is 11.1. The standard InChI is InChI=1S/C13H20N2O3/c1-5-12(14-3)9(2)11-7-6-10(18-4)8-13(11)15(16)17/h6-9,12,14H,5H2,1-4H3. The first kappa shape index (κ1) is 14.4. The maximum Gasteiger partial charge on any atom is 0.276 e. The van der Waals surface area contributed by atoms with Crippen LogP contribution in [0.15, 0.2) is 18.2 Å². The highest BCUT2D eigenvalue weighted by molar-refractivity contribution is 5.48. The Bertz CT molecular complexity index is 417. The fourth-order valence-electron chi connectivity index (χ4n) is 2.22. The third kappa shape index (κ3) is 2.98. The van der Waals surface area contributed by atoms with Crippen LogP contribution >= 0.6 is 0 Å². The number of methoxy groups -OCH3 is 1. The van der Waals surface area contributed by atoms with Gasteiger partial charge in [-0.3, -0.25) is 10.1 Å². The van der Waals surface area contributed by atoms with Crippen LogP contribution in [0, 0.1) is 10.1 Å². The SMILES string of the molecule is CCC(NC)C(C)c1ccc(OC)cc1[N+](=O)[O-]. The number of nitrogens with one attached hydrogen (secondary N) is 1. The first-order chi connectivity index (χ1) is 8.54. The average molecular weight is 252 g/mol. The van der Waals surface area contributed by atoms with Gasteiger partial charge in [0.25, 0.3) is 5.69 Å². The van der Waals surface area contributed by atoms with Crippen molar-refractivity contribution in [3.8, 4) is 5.75 Å². The van der Waals surface area contributed by atoms with Crippen LogP contribution in [0.2, 0.25) is 0 Å². The Kier molecular flexibility index (Phi) is 5.09. The predicted octanol–water partition coefficient (Wildman–Crippen LogP) is 2.70. The highest BCUT2D eigenvalue weighted by atomic mass is 16.6. The lowest BCUT2D eigenvalue weighted by molar-refractivity contribution is -0.385. The minimum absolute atomic E-state index is 0.0753. The molecule has 0 bridgehead atoms. The monoisotopic (exact) mass is 252 g/mol. The molecule has 5 heteroatoms. The molecule has 1 aromatic rings. The Labute approximate surface area is 107 Å². The molecule has 5 nitrogen and oxygen atoms in total. The summed E-state index contributed by atoms with van der Waals surface area (Å²) in [5.74, 6) is 0.585. The van der Waals surface area contributed by atoms with Crippen LogP contribution in [0.4, 0.5) is 5.69 Å². The molecule has 2 atom stereocenters. The average Bonchev–Trinajstić information content (AvgIpc) is 2.39. The fourth-order valence-corrected chi connectivity index (χ4v) is 2.22. The Hall–Kier alpha value is -1.62. The van der Waals surface area contributed by atoms with Crippen LogP contribution in [0.25, 0.3) is 0 Å². The van der Waals surface area contributed by atoms with Crippen LogP contribution in [0.3, 0.4) is 0 Å². The first-order valence-electron chi connectivity index (χ1n) is 6.04. The van der Waals surface area contributed by atoms with E-state index in [9.17, 15) is 10.1 Å². The second-order valence-corrected chi connectivity index (χ2v) is 4.27. The Morgan fingerprint density at radius 2 is 2.17 bits per heavy atom. The Morgan fingerprint density at radius 1 is 1.50 bits per heavy atom. The van der Waals surface area contributed by atoms with Crippen molar-refractivity contribution < 1.29 is 9.66 Å². The van der Waals surface area contributed by atoms with Crippen LogP contribution < -0.4 is 10.1 Å². The van der Waals surface area contributed by atoms with Gasteiger partial charge in [-0.05, 0) is 25.6 Å². The van der Waals surface area contributed by atoms with E-state index < -0.39 is 0 Å². The molecule has 0 aliphatic heterocycles. The molecule has 0 aliphatic carbocycles. The van der Waals surface area contributed by atoms with Gasteiger partial charge in [-0.25, -0.2) is 0 Å². The van der Waals surface area contributed by atoms with Crippen molar-refractivity contribution in [2.24, 2.45) is 0 Å². The van der Waals surface area contributed by atoms with Crippen molar-refractivity contribution in [3.63, 3.8) is 0 Å². The minimum atomic E-state index is -0.350. The molecule has 0 saturated heterocycles. The van der Waals surface area contributed by atoms with Crippen LogP contribution in [-0.2, 0) is 0 Å².